The Bertz CT molecular complexity index is 1210. The molecule has 212 valence electrons. The Kier molecular flexibility index (Phi) is 10.8. The maximum absolute atomic E-state index is 14.6. The monoisotopic (exact) mass is 545 g/mol. The molecule has 0 aliphatic heterocycles. The van der Waals surface area contributed by atoms with E-state index in [1.165, 1.54) is 18.9 Å². The standard InChI is InChI=1S/C27H37F2N7O3/c1-2-3-4-9-38-11-12-39-10-8-30-27(37)35-20-7-5-6-19(14-20)34-26-23(29)17-33-25(36-26)22-16-32-24-21(22)13-18(28)15-31-24/h13,15-17,19-20H,2-12,14H2,1H3,(H,31,32)(H2,30,35,37)(H,33,34,36)/t19-,20+/m0/s1. The Morgan fingerprint density at radius 2 is 1.90 bits per heavy atom. The van der Waals surface area contributed by atoms with Gasteiger partial charge in [-0.3, -0.25) is 0 Å². The topological polar surface area (TPSA) is 126 Å². The zero-order valence-corrected chi connectivity index (χ0v) is 22.3. The fraction of sp³-hybridized carbons (Fsp3) is 0.556. The van der Waals surface area contributed by atoms with Crippen LogP contribution >= 0.6 is 0 Å². The van der Waals surface area contributed by atoms with E-state index >= 15 is 0 Å². The number of aromatic nitrogens is 4. The highest BCUT2D eigenvalue weighted by atomic mass is 19.1. The summed E-state index contributed by atoms with van der Waals surface area (Å²) in [5, 5.41) is 9.50. The molecule has 3 aromatic heterocycles. The summed E-state index contributed by atoms with van der Waals surface area (Å²) in [6, 6.07) is 0.951. The first-order valence-corrected chi connectivity index (χ1v) is 13.7. The van der Waals surface area contributed by atoms with E-state index in [0.29, 0.717) is 49.4 Å². The number of unbranched alkanes of at least 4 members (excludes halogenated alkanes) is 2. The van der Waals surface area contributed by atoms with Gasteiger partial charge in [-0.05, 0) is 38.2 Å². The number of anilines is 1. The Hall–Kier alpha value is -3.38. The predicted molar refractivity (Wildman–Crippen MR) is 144 cm³/mol. The fourth-order valence-electron chi connectivity index (χ4n) is 4.66. The number of ether oxygens (including phenoxy) is 2. The minimum Gasteiger partial charge on any atom is -0.379 e. The lowest BCUT2D eigenvalue weighted by Crippen LogP contribution is -2.46. The van der Waals surface area contributed by atoms with Gasteiger partial charge in [-0.25, -0.2) is 28.5 Å². The number of aromatic amines is 1. The lowest BCUT2D eigenvalue weighted by atomic mass is 9.91. The summed E-state index contributed by atoms with van der Waals surface area (Å²) in [5.74, 6) is -0.737. The van der Waals surface area contributed by atoms with Crippen LogP contribution < -0.4 is 16.0 Å². The van der Waals surface area contributed by atoms with Crippen molar-refractivity contribution in [3.8, 4) is 11.4 Å². The lowest BCUT2D eigenvalue weighted by Gasteiger charge is -2.30. The number of pyridine rings is 1. The highest BCUT2D eigenvalue weighted by molar-refractivity contribution is 5.91. The van der Waals surface area contributed by atoms with Crippen molar-refractivity contribution >= 4 is 22.9 Å². The zero-order valence-electron chi connectivity index (χ0n) is 22.3. The van der Waals surface area contributed by atoms with Crippen molar-refractivity contribution < 1.29 is 23.0 Å². The van der Waals surface area contributed by atoms with E-state index in [2.05, 4.69) is 42.8 Å². The number of nitrogens with one attached hydrogen (secondary N) is 4. The van der Waals surface area contributed by atoms with Crippen molar-refractivity contribution in [3.63, 3.8) is 0 Å². The van der Waals surface area contributed by atoms with Gasteiger partial charge in [0.1, 0.15) is 11.5 Å². The molecule has 1 saturated carbocycles. The minimum absolute atomic E-state index is 0.0549. The summed E-state index contributed by atoms with van der Waals surface area (Å²) in [5.41, 5.74) is 1.02. The van der Waals surface area contributed by atoms with Crippen molar-refractivity contribution in [2.75, 3.05) is 38.3 Å². The number of hydrogen-bond acceptors (Lipinski definition) is 7. The molecular formula is C27H37F2N7O3. The molecule has 4 rings (SSSR count). The van der Waals surface area contributed by atoms with Gasteiger partial charge in [-0.15, -0.1) is 0 Å². The van der Waals surface area contributed by atoms with Crippen LogP contribution in [0, 0.1) is 11.6 Å². The smallest absolute Gasteiger partial charge is 0.315 e. The van der Waals surface area contributed by atoms with Gasteiger partial charge in [0.15, 0.2) is 17.5 Å². The SMILES string of the molecule is CCCCCOCCOCCNC(=O)N[C@@H]1CCC[C@H](Nc2nc(-c3c[nH]c4ncc(F)cc34)ncc2F)C1. The molecule has 0 unspecified atom stereocenters. The number of fused-ring (bicyclic) bond motifs is 1. The van der Waals surface area contributed by atoms with E-state index in [1.54, 1.807) is 6.20 Å². The van der Waals surface area contributed by atoms with Crippen molar-refractivity contribution in [3.05, 3.63) is 36.3 Å². The molecule has 2 atom stereocenters. The lowest BCUT2D eigenvalue weighted by molar-refractivity contribution is 0.0479. The van der Waals surface area contributed by atoms with Gasteiger partial charge in [0, 0.05) is 42.4 Å². The van der Waals surface area contributed by atoms with Gasteiger partial charge in [0.25, 0.3) is 0 Å². The van der Waals surface area contributed by atoms with E-state index in [1.807, 2.05) is 0 Å². The molecule has 2 amide bonds. The molecule has 1 fully saturated rings. The Labute approximate surface area is 226 Å². The van der Waals surface area contributed by atoms with Gasteiger partial charge in [-0.1, -0.05) is 19.8 Å². The van der Waals surface area contributed by atoms with Gasteiger partial charge < -0.3 is 30.4 Å². The third-order valence-electron chi connectivity index (χ3n) is 6.63. The van der Waals surface area contributed by atoms with E-state index in [0.717, 1.165) is 44.7 Å². The number of halogens is 2. The second-order valence-electron chi connectivity index (χ2n) is 9.68. The molecule has 1 aliphatic rings. The van der Waals surface area contributed by atoms with Crippen LogP contribution in [0.3, 0.4) is 0 Å². The first-order valence-electron chi connectivity index (χ1n) is 13.7. The van der Waals surface area contributed by atoms with Gasteiger partial charge in [-0.2, -0.15) is 0 Å². The molecule has 4 N–H and O–H groups in total. The molecule has 1 aliphatic carbocycles. The number of carbonyl (C=O) groups excluding carboxylic acids is 1. The highest BCUT2D eigenvalue weighted by Crippen LogP contribution is 2.28. The Morgan fingerprint density at radius 1 is 1.08 bits per heavy atom. The molecule has 0 spiro atoms. The summed E-state index contributed by atoms with van der Waals surface area (Å²) < 4.78 is 39.3. The third kappa shape index (κ3) is 8.56. The van der Waals surface area contributed by atoms with Crippen molar-refractivity contribution in [2.45, 2.75) is 64.0 Å². The van der Waals surface area contributed by atoms with E-state index in [-0.39, 0.29) is 29.8 Å². The molecular weight excluding hydrogens is 508 g/mol. The summed E-state index contributed by atoms with van der Waals surface area (Å²) in [6.45, 7) is 4.78. The molecule has 3 aromatic rings. The van der Waals surface area contributed by atoms with Gasteiger partial charge in [0.2, 0.25) is 0 Å². The van der Waals surface area contributed by atoms with Crippen molar-refractivity contribution in [1.82, 2.24) is 30.6 Å². The normalized spacial score (nSPS) is 17.3. The number of urea groups is 1. The number of amides is 2. The molecule has 0 saturated heterocycles. The summed E-state index contributed by atoms with van der Waals surface area (Å²) >= 11 is 0. The predicted octanol–water partition coefficient (Wildman–Crippen LogP) is 4.54. The summed E-state index contributed by atoms with van der Waals surface area (Å²) in [4.78, 5) is 27.8. The van der Waals surface area contributed by atoms with Crippen molar-refractivity contribution in [1.29, 1.82) is 0 Å². The third-order valence-corrected chi connectivity index (χ3v) is 6.63. The highest BCUT2D eigenvalue weighted by Gasteiger charge is 2.25. The molecule has 12 heteroatoms. The van der Waals surface area contributed by atoms with Crippen LogP contribution in [-0.2, 0) is 9.47 Å². The van der Waals surface area contributed by atoms with Crippen molar-refractivity contribution in [2.24, 2.45) is 0 Å². The maximum atomic E-state index is 14.6. The van der Waals surface area contributed by atoms with Crippen LogP contribution in [0.25, 0.3) is 22.4 Å². The fourth-order valence-corrected chi connectivity index (χ4v) is 4.66. The summed E-state index contributed by atoms with van der Waals surface area (Å²) in [6.07, 6.45) is 10.4. The van der Waals surface area contributed by atoms with Gasteiger partial charge in [0.05, 0.1) is 32.2 Å². The summed E-state index contributed by atoms with van der Waals surface area (Å²) in [7, 11) is 0. The Balaban J connectivity index is 1.21. The van der Waals surface area contributed by atoms with Crippen LogP contribution in [0.5, 0.6) is 0 Å². The molecule has 0 aromatic carbocycles. The molecule has 39 heavy (non-hydrogen) atoms. The maximum Gasteiger partial charge on any atom is 0.315 e. The first kappa shape index (κ1) is 28.6. The minimum atomic E-state index is -0.581. The van der Waals surface area contributed by atoms with Crippen LogP contribution in [0.15, 0.2) is 24.7 Å². The second-order valence-corrected chi connectivity index (χ2v) is 9.68. The number of carbonyl (C=O) groups is 1. The van der Waals surface area contributed by atoms with Crippen LogP contribution in [0.2, 0.25) is 0 Å². The van der Waals surface area contributed by atoms with Crippen LogP contribution in [0.1, 0.15) is 51.9 Å². The zero-order chi connectivity index (χ0) is 27.5. The number of rotatable bonds is 14. The van der Waals surface area contributed by atoms with Gasteiger partial charge >= 0.3 is 6.03 Å². The van der Waals surface area contributed by atoms with Crippen LogP contribution in [-0.4, -0.2) is 71.0 Å². The molecule has 0 radical (unpaired) electrons. The molecule has 3 heterocycles. The molecule has 10 nitrogen and oxygen atoms in total. The van der Waals surface area contributed by atoms with Crippen LogP contribution in [0.4, 0.5) is 19.4 Å². The first-order chi connectivity index (χ1) is 19.0. The van der Waals surface area contributed by atoms with E-state index in [9.17, 15) is 13.6 Å². The largest absolute Gasteiger partial charge is 0.379 e. The van der Waals surface area contributed by atoms with E-state index < -0.39 is 11.6 Å². The van der Waals surface area contributed by atoms with E-state index in [4.69, 9.17) is 9.47 Å². The second kappa shape index (κ2) is 14.7. The Morgan fingerprint density at radius 3 is 2.74 bits per heavy atom. The number of nitrogens with zero attached hydrogens (tertiary/aromatic N) is 3. The molecule has 0 bridgehead atoms. The quantitative estimate of drug-likeness (QED) is 0.219. The average Bonchev–Trinajstić information content (AvgIpc) is 3.34. The average molecular weight is 546 g/mol. The number of hydrogen-bond donors (Lipinski definition) is 4. The number of H-pyrrole nitrogens is 1.